The number of aromatic nitrogens is 1. The summed E-state index contributed by atoms with van der Waals surface area (Å²) in [7, 11) is 0. The standard InChI is InChI=1S/C23H24N2O5/c26-22(8-4-12-25-18-5-1-2-7-19(18)30-23(25)27)24-11-3-6-17(24)16-9-10-20-21(15-16)29-14-13-28-20/h1-2,5,7,9-10,15,17H,3-4,6,8,11-14H2/t17-/m0/s1. The van der Waals surface area contributed by atoms with Crippen molar-refractivity contribution in [2.75, 3.05) is 19.8 Å². The molecule has 7 nitrogen and oxygen atoms in total. The second-order valence-corrected chi connectivity index (χ2v) is 7.74. The van der Waals surface area contributed by atoms with Gasteiger partial charge in [-0.1, -0.05) is 18.2 Å². The Morgan fingerprint density at radius 1 is 1.07 bits per heavy atom. The third-order valence-electron chi connectivity index (χ3n) is 5.87. The van der Waals surface area contributed by atoms with Crippen LogP contribution in [0.25, 0.3) is 11.1 Å². The fourth-order valence-electron chi connectivity index (χ4n) is 4.44. The Morgan fingerprint density at radius 2 is 1.90 bits per heavy atom. The van der Waals surface area contributed by atoms with Crippen LogP contribution in [-0.2, 0) is 11.3 Å². The summed E-state index contributed by atoms with van der Waals surface area (Å²) >= 11 is 0. The first-order valence-corrected chi connectivity index (χ1v) is 10.5. The van der Waals surface area contributed by atoms with Gasteiger partial charge in [-0.15, -0.1) is 0 Å². The summed E-state index contributed by atoms with van der Waals surface area (Å²) in [5.74, 6) is 1.26. The molecule has 156 valence electrons. The van der Waals surface area contributed by atoms with Crippen LogP contribution in [0.5, 0.6) is 11.5 Å². The quantitative estimate of drug-likeness (QED) is 0.646. The normalized spacial score (nSPS) is 18.1. The molecule has 1 amide bonds. The van der Waals surface area contributed by atoms with Gasteiger partial charge in [-0.3, -0.25) is 9.36 Å². The van der Waals surface area contributed by atoms with E-state index in [1.165, 1.54) is 0 Å². The number of carbonyl (C=O) groups excluding carboxylic acids is 1. The van der Waals surface area contributed by atoms with Crippen molar-refractivity contribution >= 4 is 17.0 Å². The molecular weight excluding hydrogens is 384 g/mol. The predicted octanol–water partition coefficient (Wildman–Crippen LogP) is 3.51. The van der Waals surface area contributed by atoms with E-state index >= 15 is 0 Å². The van der Waals surface area contributed by atoms with Gasteiger partial charge in [0.15, 0.2) is 17.1 Å². The third kappa shape index (κ3) is 3.44. The number of ether oxygens (including phenoxy) is 2. The molecule has 2 aromatic carbocycles. The van der Waals surface area contributed by atoms with Crippen LogP contribution in [-0.4, -0.2) is 35.1 Å². The van der Waals surface area contributed by atoms with Crippen molar-refractivity contribution < 1.29 is 18.7 Å². The van der Waals surface area contributed by atoms with Gasteiger partial charge in [0.05, 0.1) is 11.6 Å². The van der Waals surface area contributed by atoms with Crippen LogP contribution in [0.1, 0.15) is 37.3 Å². The third-order valence-corrected chi connectivity index (χ3v) is 5.87. The van der Waals surface area contributed by atoms with E-state index in [1.54, 1.807) is 10.6 Å². The molecule has 0 spiro atoms. The molecule has 0 radical (unpaired) electrons. The van der Waals surface area contributed by atoms with E-state index < -0.39 is 0 Å². The minimum atomic E-state index is -0.376. The molecule has 1 fully saturated rings. The summed E-state index contributed by atoms with van der Waals surface area (Å²) < 4.78 is 18.2. The van der Waals surface area contributed by atoms with Crippen LogP contribution in [0.4, 0.5) is 0 Å². The molecule has 2 aliphatic heterocycles. The van der Waals surface area contributed by atoms with Gasteiger partial charge in [0, 0.05) is 19.5 Å². The molecule has 0 unspecified atom stereocenters. The minimum absolute atomic E-state index is 0.0609. The Bertz CT molecular complexity index is 1130. The molecule has 2 aliphatic rings. The first-order chi connectivity index (χ1) is 14.7. The lowest BCUT2D eigenvalue weighted by molar-refractivity contribution is -0.132. The van der Waals surface area contributed by atoms with Crippen LogP contribution in [0, 0.1) is 0 Å². The number of hydrogen-bond donors (Lipinski definition) is 0. The van der Waals surface area contributed by atoms with E-state index in [1.807, 2.05) is 41.3 Å². The fraction of sp³-hybridized carbons (Fsp3) is 0.391. The molecule has 1 aromatic heterocycles. The number of oxazole rings is 1. The fourth-order valence-corrected chi connectivity index (χ4v) is 4.44. The molecular formula is C23H24N2O5. The number of nitrogens with zero attached hydrogens (tertiary/aromatic N) is 2. The molecule has 0 aliphatic carbocycles. The number of benzene rings is 2. The van der Waals surface area contributed by atoms with E-state index in [-0.39, 0.29) is 17.7 Å². The van der Waals surface area contributed by atoms with Crippen LogP contribution in [0.3, 0.4) is 0 Å². The molecule has 1 atom stereocenters. The summed E-state index contributed by atoms with van der Waals surface area (Å²) in [5, 5.41) is 0. The van der Waals surface area contributed by atoms with E-state index in [9.17, 15) is 9.59 Å². The van der Waals surface area contributed by atoms with Gasteiger partial charge in [0.2, 0.25) is 5.91 Å². The lowest BCUT2D eigenvalue weighted by atomic mass is 10.0. The number of fused-ring (bicyclic) bond motifs is 2. The Balaban J connectivity index is 1.25. The van der Waals surface area contributed by atoms with Gasteiger partial charge in [0.25, 0.3) is 0 Å². The van der Waals surface area contributed by atoms with Crippen molar-refractivity contribution in [3.05, 3.63) is 58.6 Å². The molecule has 3 heterocycles. The summed E-state index contributed by atoms with van der Waals surface area (Å²) in [4.78, 5) is 27.0. The second-order valence-electron chi connectivity index (χ2n) is 7.74. The van der Waals surface area contributed by atoms with Crippen LogP contribution >= 0.6 is 0 Å². The minimum Gasteiger partial charge on any atom is -0.486 e. The Kier molecular flexibility index (Phi) is 4.94. The van der Waals surface area contributed by atoms with Crippen LogP contribution < -0.4 is 15.2 Å². The van der Waals surface area contributed by atoms with Crippen molar-refractivity contribution in [3.8, 4) is 11.5 Å². The molecule has 1 saturated heterocycles. The smallest absolute Gasteiger partial charge is 0.419 e. The first kappa shape index (κ1) is 18.8. The molecule has 0 saturated carbocycles. The highest BCUT2D eigenvalue weighted by Gasteiger charge is 2.30. The maximum absolute atomic E-state index is 13.0. The summed E-state index contributed by atoms with van der Waals surface area (Å²) in [6.07, 6.45) is 2.91. The highest BCUT2D eigenvalue weighted by atomic mass is 16.6. The van der Waals surface area contributed by atoms with Gasteiger partial charge in [-0.2, -0.15) is 0 Å². The number of aryl methyl sites for hydroxylation is 1. The average molecular weight is 408 g/mol. The molecule has 3 aromatic rings. The Morgan fingerprint density at radius 3 is 2.80 bits per heavy atom. The summed E-state index contributed by atoms with van der Waals surface area (Å²) in [6.45, 7) is 2.33. The maximum Gasteiger partial charge on any atom is 0.419 e. The summed E-state index contributed by atoms with van der Waals surface area (Å²) in [5.41, 5.74) is 2.43. The van der Waals surface area contributed by atoms with Gasteiger partial charge in [-0.05, 0) is 49.1 Å². The largest absolute Gasteiger partial charge is 0.486 e. The van der Waals surface area contributed by atoms with Crippen molar-refractivity contribution in [1.29, 1.82) is 0 Å². The monoisotopic (exact) mass is 408 g/mol. The average Bonchev–Trinajstić information content (AvgIpc) is 3.38. The number of likely N-dealkylation sites (tertiary alicyclic amines) is 1. The summed E-state index contributed by atoms with van der Waals surface area (Å²) in [6, 6.07) is 13.4. The van der Waals surface area contributed by atoms with Gasteiger partial charge >= 0.3 is 5.76 Å². The molecule has 7 heteroatoms. The lowest BCUT2D eigenvalue weighted by Crippen LogP contribution is -2.30. The zero-order chi connectivity index (χ0) is 20.5. The Hall–Kier alpha value is -3.22. The van der Waals surface area contributed by atoms with Crippen molar-refractivity contribution in [1.82, 2.24) is 9.47 Å². The van der Waals surface area contributed by atoms with Crippen molar-refractivity contribution in [2.24, 2.45) is 0 Å². The van der Waals surface area contributed by atoms with Gasteiger partial charge < -0.3 is 18.8 Å². The SMILES string of the molecule is O=C(CCCn1c(=O)oc2ccccc21)N1CCC[C@H]1c1ccc2c(c1)OCCO2. The van der Waals surface area contributed by atoms with Gasteiger partial charge in [0.1, 0.15) is 13.2 Å². The van der Waals surface area contributed by atoms with Crippen molar-refractivity contribution in [3.63, 3.8) is 0 Å². The molecule has 0 bridgehead atoms. The molecule has 0 N–H and O–H groups in total. The number of rotatable bonds is 5. The van der Waals surface area contributed by atoms with E-state index in [0.717, 1.165) is 42.0 Å². The zero-order valence-corrected chi connectivity index (χ0v) is 16.7. The second kappa shape index (κ2) is 7.89. The zero-order valence-electron chi connectivity index (χ0n) is 16.7. The topological polar surface area (TPSA) is 73.9 Å². The highest BCUT2D eigenvalue weighted by molar-refractivity contribution is 5.77. The van der Waals surface area contributed by atoms with E-state index in [4.69, 9.17) is 13.9 Å². The number of para-hydroxylation sites is 2. The van der Waals surface area contributed by atoms with Crippen LogP contribution in [0.2, 0.25) is 0 Å². The van der Waals surface area contributed by atoms with Crippen LogP contribution in [0.15, 0.2) is 51.7 Å². The number of amides is 1. The highest BCUT2D eigenvalue weighted by Crippen LogP contribution is 2.38. The first-order valence-electron chi connectivity index (χ1n) is 10.5. The molecule has 30 heavy (non-hydrogen) atoms. The number of hydrogen-bond acceptors (Lipinski definition) is 5. The lowest BCUT2D eigenvalue weighted by Gasteiger charge is -2.27. The van der Waals surface area contributed by atoms with E-state index in [2.05, 4.69) is 0 Å². The van der Waals surface area contributed by atoms with E-state index in [0.29, 0.717) is 38.2 Å². The molecule has 5 rings (SSSR count). The maximum atomic E-state index is 13.0. The predicted molar refractivity (Wildman–Crippen MR) is 111 cm³/mol. The van der Waals surface area contributed by atoms with Gasteiger partial charge in [-0.25, -0.2) is 4.79 Å². The number of carbonyl (C=O) groups is 1. The Labute approximate surface area is 173 Å². The van der Waals surface area contributed by atoms with Crippen molar-refractivity contribution in [2.45, 2.75) is 38.3 Å².